The van der Waals surface area contributed by atoms with Crippen molar-refractivity contribution in [1.82, 2.24) is 5.32 Å². The number of nitrogens with one attached hydrogen (secondary N) is 1. The van der Waals surface area contributed by atoms with Crippen molar-refractivity contribution in [1.29, 1.82) is 0 Å². The highest BCUT2D eigenvalue weighted by atomic mass is 16.4. The van der Waals surface area contributed by atoms with Gasteiger partial charge in [0.1, 0.15) is 0 Å². The van der Waals surface area contributed by atoms with Crippen LogP contribution in [0.2, 0.25) is 0 Å². The largest absolute Gasteiger partial charge is 0.481 e. The second-order valence-corrected chi connectivity index (χ2v) is 3.16. The maximum Gasteiger partial charge on any atom is 0.307 e. The monoisotopic (exact) mass is 183 g/mol. The second kappa shape index (κ2) is 4.07. The minimum absolute atomic E-state index is 0.144. The van der Waals surface area contributed by atoms with Crippen LogP contribution in [0.1, 0.15) is 12.8 Å². The van der Waals surface area contributed by atoms with E-state index in [2.05, 4.69) is 11.9 Å². The molecule has 0 spiro atoms. The highest BCUT2D eigenvalue weighted by Crippen LogP contribution is 2.38. The predicted octanol–water partition coefficient (Wildman–Crippen LogP) is 0.399. The van der Waals surface area contributed by atoms with Gasteiger partial charge in [-0.05, 0) is 12.8 Å². The van der Waals surface area contributed by atoms with Crippen LogP contribution >= 0.6 is 0 Å². The number of carbonyl (C=O) groups excluding carboxylic acids is 1. The summed E-state index contributed by atoms with van der Waals surface area (Å²) in [7, 11) is 0. The van der Waals surface area contributed by atoms with Crippen molar-refractivity contribution in [2.24, 2.45) is 11.8 Å². The number of carbonyl (C=O) groups is 2. The van der Waals surface area contributed by atoms with Gasteiger partial charge in [0.2, 0.25) is 5.91 Å². The molecule has 0 bridgehead atoms. The molecular weight excluding hydrogens is 170 g/mol. The molecule has 0 aromatic heterocycles. The molecule has 1 fully saturated rings. The van der Waals surface area contributed by atoms with Gasteiger partial charge in [0.05, 0.1) is 11.8 Å². The molecule has 1 rings (SSSR count). The molecule has 1 aliphatic rings. The SMILES string of the molecule is C=CCCNC(=O)[C@@H]1C[C@@H]1C(=O)O. The van der Waals surface area contributed by atoms with E-state index in [0.717, 1.165) is 6.42 Å². The Hall–Kier alpha value is -1.32. The summed E-state index contributed by atoms with van der Waals surface area (Å²) in [5.41, 5.74) is 0. The average Bonchev–Trinajstić information content (AvgIpc) is 2.83. The van der Waals surface area contributed by atoms with Gasteiger partial charge in [-0.25, -0.2) is 0 Å². The van der Waals surface area contributed by atoms with Crippen LogP contribution in [0, 0.1) is 11.8 Å². The Morgan fingerprint density at radius 2 is 2.23 bits per heavy atom. The molecule has 1 aliphatic carbocycles. The normalized spacial score (nSPS) is 24.9. The van der Waals surface area contributed by atoms with E-state index in [1.54, 1.807) is 6.08 Å². The van der Waals surface area contributed by atoms with Crippen molar-refractivity contribution >= 4 is 11.9 Å². The van der Waals surface area contributed by atoms with Crippen molar-refractivity contribution in [3.63, 3.8) is 0 Å². The summed E-state index contributed by atoms with van der Waals surface area (Å²) in [5.74, 6) is -1.77. The summed E-state index contributed by atoms with van der Waals surface area (Å²) in [6.07, 6.45) is 2.91. The summed E-state index contributed by atoms with van der Waals surface area (Å²) in [5, 5.41) is 11.2. The van der Waals surface area contributed by atoms with Gasteiger partial charge in [-0.15, -0.1) is 6.58 Å². The molecule has 0 saturated heterocycles. The summed E-state index contributed by atoms with van der Waals surface area (Å²) >= 11 is 0. The molecular formula is C9H13NO3. The van der Waals surface area contributed by atoms with E-state index in [4.69, 9.17) is 5.11 Å². The van der Waals surface area contributed by atoms with Gasteiger partial charge in [0.25, 0.3) is 0 Å². The van der Waals surface area contributed by atoms with Crippen LogP contribution in [0.5, 0.6) is 0 Å². The highest BCUT2D eigenvalue weighted by molar-refractivity contribution is 5.89. The smallest absolute Gasteiger partial charge is 0.307 e. The maximum absolute atomic E-state index is 11.2. The molecule has 0 heterocycles. The lowest BCUT2D eigenvalue weighted by molar-refractivity contribution is -0.140. The standard InChI is InChI=1S/C9H13NO3/c1-2-3-4-10-8(11)6-5-7(6)9(12)13/h2,6-7H,1,3-5H2,(H,10,11)(H,12,13)/t6-,7+/m1/s1. The van der Waals surface area contributed by atoms with Crippen LogP contribution in [-0.4, -0.2) is 23.5 Å². The first-order valence-corrected chi connectivity index (χ1v) is 4.28. The van der Waals surface area contributed by atoms with Gasteiger partial charge in [-0.2, -0.15) is 0 Å². The quantitative estimate of drug-likeness (QED) is 0.479. The zero-order valence-corrected chi connectivity index (χ0v) is 7.32. The van der Waals surface area contributed by atoms with E-state index >= 15 is 0 Å². The van der Waals surface area contributed by atoms with E-state index in [9.17, 15) is 9.59 Å². The Kier molecular flexibility index (Phi) is 3.06. The van der Waals surface area contributed by atoms with E-state index in [0.29, 0.717) is 13.0 Å². The number of amides is 1. The van der Waals surface area contributed by atoms with Crippen LogP contribution in [-0.2, 0) is 9.59 Å². The summed E-state index contributed by atoms with van der Waals surface area (Å²) < 4.78 is 0. The number of carboxylic acids is 1. The third-order valence-electron chi connectivity index (χ3n) is 2.09. The molecule has 4 heteroatoms. The van der Waals surface area contributed by atoms with E-state index < -0.39 is 11.9 Å². The molecule has 2 N–H and O–H groups in total. The lowest BCUT2D eigenvalue weighted by atomic mass is 10.3. The van der Waals surface area contributed by atoms with Gasteiger partial charge < -0.3 is 10.4 Å². The van der Waals surface area contributed by atoms with Gasteiger partial charge in [-0.1, -0.05) is 6.08 Å². The fourth-order valence-electron chi connectivity index (χ4n) is 1.19. The fourth-order valence-corrected chi connectivity index (χ4v) is 1.19. The van der Waals surface area contributed by atoms with Gasteiger partial charge in [0.15, 0.2) is 0 Å². The zero-order chi connectivity index (χ0) is 9.84. The summed E-state index contributed by atoms with van der Waals surface area (Å²) in [6, 6.07) is 0. The fraction of sp³-hybridized carbons (Fsp3) is 0.556. The molecule has 0 unspecified atom stereocenters. The van der Waals surface area contributed by atoms with Crippen LogP contribution in [0.25, 0.3) is 0 Å². The average molecular weight is 183 g/mol. The Balaban J connectivity index is 2.19. The molecule has 4 nitrogen and oxygen atoms in total. The lowest BCUT2D eigenvalue weighted by Gasteiger charge is -2.00. The van der Waals surface area contributed by atoms with Crippen molar-refractivity contribution in [3.8, 4) is 0 Å². The molecule has 0 radical (unpaired) electrons. The predicted molar refractivity (Wildman–Crippen MR) is 47.1 cm³/mol. The molecule has 0 aromatic rings. The van der Waals surface area contributed by atoms with E-state index in [1.165, 1.54) is 0 Å². The van der Waals surface area contributed by atoms with Gasteiger partial charge >= 0.3 is 5.97 Å². The molecule has 1 saturated carbocycles. The van der Waals surface area contributed by atoms with Crippen molar-refractivity contribution < 1.29 is 14.7 Å². The van der Waals surface area contributed by atoms with Crippen molar-refractivity contribution in [2.75, 3.05) is 6.54 Å². The first-order valence-electron chi connectivity index (χ1n) is 4.28. The third-order valence-corrected chi connectivity index (χ3v) is 2.09. The maximum atomic E-state index is 11.2. The zero-order valence-electron chi connectivity index (χ0n) is 7.32. The first-order chi connectivity index (χ1) is 6.16. The number of carboxylic acid groups (broad SMARTS) is 1. The number of rotatable bonds is 5. The molecule has 72 valence electrons. The minimum Gasteiger partial charge on any atom is -0.481 e. The number of aliphatic carboxylic acids is 1. The Bertz CT molecular complexity index is 237. The summed E-state index contributed by atoms with van der Waals surface area (Å²) in [6.45, 7) is 4.06. The van der Waals surface area contributed by atoms with Crippen LogP contribution in [0.15, 0.2) is 12.7 Å². The first kappa shape index (κ1) is 9.77. The lowest BCUT2D eigenvalue weighted by Crippen LogP contribution is -2.27. The highest BCUT2D eigenvalue weighted by Gasteiger charge is 2.48. The van der Waals surface area contributed by atoms with Crippen LogP contribution < -0.4 is 5.32 Å². The topological polar surface area (TPSA) is 66.4 Å². The minimum atomic E-state index is -0.871. The second-order valence-electron chi connectivity index (χ2n) is 3.16. The Morgan fingerprint density at radius 1 is 1.54 bits per heavy atom. The molecule has 0 aromatic carbocycles. The molecule has 13 heavy (non-hydrogen) atoms. The van der Waals surface area contributed by atoms with E-state index in [1.807, 2.05) is 0 Å². The number of hydrogen-bond acceptors (Lipinski definition) is 2. The summed E-state index contributed by atoms with van der Waals surface area (Å²) in [4.78, 5) is 21.6. The van der Waals surface area contributed by atoms with Crippen LogP contribution in [0.4, 0.5) is 0 Å². The third kappa shape index (κ3) is 2.57. The molecule has 2 atom stereocenters. The Labute approximate surface area is 76.6 Å². The van der Waals surface area contributed by atoms with Crippen LogP contribution in [0.3, 0.4) is 0 Å². The van der Waals surface area contributed by atoms with Gasteiger partial charge in [0, 0.05) is 6.54 Å². The number of hydrogen-bond donors (Lipinski definition) is 2. The Morgan fingerprint density at radius 3 is 2.69 bits per heavy atom. The molecule has 0 aliphatic heterocycles. The van der Waals surface area contributed by atoms with Crippen molar-refractivity contribution in [2.45, 2.75) is 12.8 Å². The van der Waals surface area contributed by atoms with Gasteiger partial charge in [-0.3, -0.25) is 9.59 Å². The van der Waals surface area contributed by atoms with Crippen molar-refractivity contribution in [3.05, 3.63) is 12.7 Å². The van der Waals surface area contributed by atoms with E-state index in [-0.39, 0.29) is 11.8 Å². The molecule has 1 amide bonds.